The number of hydrogen-bond acceptors (Lipinski definition) is 10. The number of β-lactam (4-membered cyclic amide) rings is 1. The first-order chi connectivity index (χ1) is 21.3. The van der Waals surface area contributed by atoms with Crippen LogP contribution in [0.4, 0.5) is 5.69 Å². The first kappa shape index (κ1) is 29.2. The van der Waals surface area contributed by atoms with Crippen LogP contribution in [0.15, 0.2) is 88.8 Å². The maximum absolute atomic E-state index is 12.5. The number of rotatable bonds is 10. The number of aliphatic hydroxyl groups excluding tert-OH is 2. The third-order valence-electron chi connectivity index (χ3n) is 7.85. The van der Waals surface area contributed by atoms with Gasteiger partial charge >= 0.3 is 5.97 Å². The van der Waals surface area contributed by atoms with Gasteiger partial charge in [-0.25, -0.2) is 9.79 Å². The third-order valence-corrected chi connectivity index (χ3v) is 7.85. The Bertz CT molecular complexity index is 1650. The van der Waals surface area contributed by atoms with Crippen molar-refractivity contribution in [3.63, 3.8) is 0 Å². The van der Waals surface area contributed by atoms with E-state index in [1.54, 1.807) is 56.5 Å². The number of carbonyl (C=O) groups is 2. The normalized spacial score (nSPS) is 22.2. The van der Waals surface area contributed by atoms with Gasteiger partial charge in [0, 0.05) is 6.07 Å². The van der Waals surface area contributed by atoms with E-state index >= 15 is 0 Å². The second-order valence-corrected chi connectivity index (χ2v) is 10.7. The van der Waals surface area contributed by atoms with Crippen LogP contribution < -0.4 is 18.9 Å². The second kappa shape index (κ2) is 12.0. The minimum Gasteiger partial charge on any atom is -0.493 e. The van der Waals surface area contributed by atoms with Crippen molar-refractivity contribution >= 4 is 23.3 Å². The van der Waals surface area contributed by atoms with Gasteiger partial charge in [0.2, 0.25) is 5.91 Å². The van der Waals surface area contributed by atoms with Crippen molar-refractivity contribution in [3.05, 3.63) is 89.4 Å². The molecule has 1 aliphatic carbocycles. The highest BCUT2D eigenvalue weighted by Gasteiger charge is 2.56. The van der Waals surface area contributed by atoms with Crippen LogP contribution in [0.5, 0.6) is 23.0 Å². The number of hydrogen-bond donors (Lipinski definition) is 2. The van der Waals surface area contributed by atoms with Gasteiger partial charge in [-0.3, -0.25) is 4.79 Å². The van der Waals surface area contributed by atoms with E-state index in [4.69, 9.17) is 23.7 Å². The molecule has 6 rings (SSSR count). The van der Waals surface area contributed by atoms with Crippen LogP contribution in [-0.2, 0) is 20.9 Å². The number of ether oxygens (including phenoxy) is 5. The van der Waals surface area contributed by atoms with E-state index in [0.29, 0.717) is 52.2 Å². The zero-order valence-electron chi connectivity index (χ0n) is 24.4. The van der Waals surface area contributed by atoms with E-state index in [1.165, 1.54) is 12.0 Å². The van der Waals surface area contributed by atoms with E-state index < -0.39 is 24.1 Å². The SMILES string of the molecule is COC(=O)C1=C(/C=C/COc2ccc(COc3ccc4c(c3)OC3=CC(O)C=CC3=N4)cc2OC)C[C@@H]2[C@@H]([C@@H](C)O)C(=O)N12. The first-order valence-electron chi connectivity index (χ1n) is 14.2. The summed E-state index contributed by atoms with van der Waals surface area (Å²) in [5.74, 6) is 1.29. The Balaban J connectivity index is 1.07. The van der Waals surface area contributed by atoms with Crippen molar-refractivity contribution in [2.24, 2.45) is 10.9 Å². The highest BCUT2D eigenvalue weighted by molar-refractivity contribution is 6.10. The molecule has 11 heteroatoms. The fourth-order valence-corrected chi connectivity index (χ4v) is 5.71. The monoisotopic (exact) mass is 600 g/mol. The molecule has 1 unspecified atom stereocenters. The highest BCUT2D eigenvalue weighted by Crippen LogP contribution is 2.44. The number of nitrogens with zero attached hydrogens (tertiary/aromatic N) is 2. The summed E-state index contributed by atoms with van der Waals surface area (Å²) in [4.78, 5) is 31.0. The number of esters is 1. The predicted octanol–water partition coefficient (Wildman–Crippen LogP) is 3.53. The molecule has 0 bridgehead atoms. The molecular weight excluding hydrogens is 568 g/mol. The molecule has 0 radical (unpaired) electrons. The minimum absolute atomic E-state index is 0.186. The molecule has 4 aliphatic rings. The average molecular weight is 601 g/mol. The molecule has 228 valence electrons. The Hall–Kier alpha value is -4.87. The van der Waals surface area contributed by atoms with Crippen molar-refractivity contribution < 1.29 is 43.5 Å². The van der Waals surface area contributed by atoms with Crippen LogP contribution in [0.25, 0.3) is 0 Å². The predicted molar refractivity (Wildman–Crippen MR) is 159 cm³/mol. The van der Waals surface area contributed by atoms with Gasteiger partial charge in [0.05, 0.1) is 38.4 Å². The van der Waals surface area contributed by atoms with Crippen LogP contribution in [-0.4, -0.2) is 71.8 Å². The maximum Gasteiger partial charge on any atom is 0.355 e. The molecule has 1 saturated heterocycles. The molecule has 0 spiro atoms. The quantitative estimate of drug-likeness (QED) is 0.310. The lowest BCUT2D eigenvalue weighted by Gasteiger charge is -2.44. The van der Waals surface area contributed by atoms with Gasteiger partial charge in [-0.1, -0.05) is 12.1 Å². The molecule has 3 aliphatic heterocycles. The van der Waals surface area contributed by atoms with Gasteiger partial charge in [-0.2, -0.15) is 0 Å². The summed E-state index contributed by atoms with van der Waals surface area (Å²) in [6.07, 6.45) is 7.43. The smallest absolute Gasteiger partial charge is 0.355 e. The van der Waals surface area contributed by atoms with Crippen molar-refractivity contribution in [2.45, 2.75) is 38.2 Å². The summed E-state index contributed by atoms with van der Waals surface area (Å²) in [5.41, 5.74) is 3.06. The van der Waals surface area contributed by atoms with Crippen LogP contribution in [0.1, 0.15) is 18.9 Å². The lowest BCUT2D eigenvalue weighted by molar-refractivity contribution is -0.161. The Morgan fingerprint density at radius 1 is 1.18 bits per heavy atom. The molecule has 44 heavy (non-hydrogen) atoms. The number of allylic oxidation sites excluding steroid dienone is 2. The second-order valence-electron chi connectivity index (χ2n) is 10.7. The number of fused-ring (bicyclic) bond motifs is 3. The fraction of sp³-hybridized carbons (Fsp3) is 0.303. The van der Waals surface area contributed by atoms with E-state index in [2.05, 4.69) is 4.99 Å². The molecule has 11 nitrogen and oxygen atoms in total. The zero-order chi connectivity index (χ0) is 31.0. The number of aliphatic hydroxyl groups is 2. The van der Waals surface area contributed by atoms with Gasteiger partial charge < -0.3 is 38.8 Å². The molecular formula is C33H32N2O9. The van der Waals surface area contributed by atoms with Crippen molar-refractivity contribution in [1.82, 2.24) is 4.90 Å². The lowest BCUT2D eigenvalue weighted by atomic mass is 9.83. The lowest BCUT2D eigenvalue weighted by Crippen LogP contribution is -2.61. The standard InChI is InChI=1S/C33H32N2O9/c1-18(36)30-25-14-20(31(33(39)41-3)35(25)32(30)38)5-4-12-42-26-11-6-19(13-29(26)40-2)17-43-22-8-10-24-28(16-22)44-27-15-21(37)7-9-23(27)34-24/h4-11,13,15-16,18,21,25,30,36-37H,12,14,17H2,1-3H3/b5-4+/t18-,21?,25-,30-/m1/s1. The third kappa shape index (κ3) is 5.47. The van der Waals surface area contributed by atoms with Gasteiger partial charge in [0.15, 0.2) is 23.0 Å². The van der Waals surface area contributed by atoms with E-state index in [9.17, 15) is 19.8 Å². The zero-order valence-corrected chi connectivity index (χ0v) is 24.4. The van der Waals surface area contributed by atoms with Crippen LogP contribution in [0.3, 0.4) is 0 Å². The Morgan fingerprint density at radius 3 is 2.80 bits per heavy atom. The molecule has 4 atom stereocenters. The van der Waals surface area contributed by atoms with E-state index in [1.807, 2.05) is 24.3 Å². The largest absolute Gasteiger partial charge is 0.493 e. The van der Waals surface area contributed by atoms with Crippen LogP contribution in [0.2, 0.25) is 0 Å². The molecule has 0 aromatic heterocycles. The fourth-order valence-electron chi connectivity index (χ4n) is 5.71. The van der Waals surface area contributed by atoms with E-state index in [0.717, 1.165) is 5.56 Å². The first-order valence-corrected chi connectivity index (χ1v) is 14.2. The summed E-state index contributed by atoms with van der Waals surface area (Å²) in [6.45, 7) is 2.03. The summed E-state index contributed by atoms with van der Waals surface area (Å²) < 4.78 is 28.3. The maximum atomic E-state index is 12.5. The van der Waals surface area contributed by atoms with Crippen LogP contribution in [0, 0.1) is 5.92 Å². The van der Waals surface area contributed by atoms with Gasteiger partial charge in [0.25, 0.3) is 0 Å². The summed E-state index contributed by atoms with van der Waals surface area (Å²) in [5, 5.41) is 19.8. The topological polar surface area (TPSA) is 136 Å². The Labute approximate surface area is 254 Å². The number of benzene rings is 2. The Kier molecular flexibility index (Phi) is 7.98. The molecule has 3 heterocycles. The number of aliphatic imine (C=N–C) groups is 1. The molecule has 2 N–H and O–H groups in total. The molecule has 2 aromatic carbocycles. The highest BCUT2D eigenvalue weighted by atomic mass is 16.5. The van der Waals surface area contributed by atoms with Gasteiger partial charge in [-0.15, -0.1) is 0 Å². The van der Waals surface area contributed by atoms with Crippen LogP contribution >= 0.6 is 0 Å². The number of amides is 1. The number of carbonyl (C=O) groups excluding carboxylic acids is 2. The summed E-state index contributed by atoms with van der Waals surface area (Å²) in [7, 11) is 2.82. The van der Waals surface area contributed by atoms with Crippen molar-refractivity contribution in [2.75, 3.05) is 20.8 Å². The molecule has 1 amide bonds. The van der Waals surface area contributed by atoms with Crippen molar-refractivity contribution in [1.29, 1.82) is 0 Å². The summed E-state index contributed by atoms with van der Waals surface area (Å²) in [6, 6.07) is 10.6. The van der Waals surface area contributed by atoms with Gasteiger partial charge in [-0.05, 0) is 73.1 Å². The van der Waals surface area contributed by atoms with Gasteiger partial charge in [0.1, 0.15) is 36.1 Å². The van der Waals surface area contributed by atoms with Crippen molar-refractivity contribution in [3.8, 4) is 23.0 Å². The van der Waals surface area contributed by atoms with E-state index in [-0.39, 0.29) is 30.9 Å². The summed E-state index contributed by atoms with van der Waals surface area (Å²) >= 11 is 0. The molecule has 0 saturated carbocycles. The number of methoxy groups -OCH3 is 2. The molecule has 1 fully saturated rings. The minimum atomic E-state index is -0.798. The average Bonchev–Trinajstić information content (AvgIpc) is 3.34. The Morgan fingerprint density at radius 2 is 2.02 bits per heavy atom. The molecule has 2 aromatic rings.